The summed E-state index contributed by atoms with van der Waals surface area (Å²) in [6.45, 7) is -0.874. The normalized spacial score (nSPS) is 26.8. The van der Waals surface area contributed by atoms with Crippen LogP contribution in [0.15, 0.2) is 15.8 Å². The first kappa shape index (κ1) is 13.9. The van der Waals surface area contributed by atoms with Crippen LogP contribution in [0.3, 0.4) is 0 Å². The van der Waals surface area contributed by atoms with Crippen molar-refractivity contribution >= 4 is 0 Å². The monoisotopic (exact) mass is 273 g/mol. The number of nitrogens with one attached hydrogen (secondary N) is 1. The summed E-state index contributed by atoms with van der Waals surface area (Å²) in [6.07, 6.45) is -1.27. The van der Waals surface area contributed by atoms with Gasteiger partial charge in [-0.15, -0.1) is 0 Å². The van der Waals surface area contributed by atoms with Crippen LogP contribution in [0.5, 0.6) is 0 Å². The van der Waals surface area contributed by atoms with Gasteiger partial charge in [-0.3, -0.25) is 14.3 Å². The third-order valence-electron chi connectivity index (χ3n) is 2.95. The van der Waals surface area contributed by atoms with E-state index in [1.165, 1.54) is 0 Å². The maximum absolute atomic E-state index is 11.6. The van der Waals surface area contributed by atoms with Gasteiger partial charge >= 0.3 is 5.69 Å². The summed E-state index contributed by atoms with van der Waals surface area (Å²) in [5.74, 6) is 0. The van der Waals surface area contributed by atoms with Gasteiger partial charge in [-0.05, 0) is 5.26 Å². The van der Waals surface area contributed by atoms with Crippen LogP contribution in [0, 0.1) is 0 Å². The summed E-state index contributed by atoms with van der Waals surface area (Å²) in [6, 6.07) is 0. The molecule has 9 heteroatoms. The Hall–Kier alpha value is -1.52. The second kappa shape index (κ2) is 5.63. The molecule has 2 rings (SSSR count). The van der Waals surface area contributed by atoms with Crippen LogP contribution < -0.4 is 11.2 Å². The highest BCUT2D eigenvalue weighted by Gasteiger charge is 2.35. The van der Waals surface area contributed by atoms with Crippen LogP contribution in [0.4, 0.5) is 0 Å². The van der Waals surface area contributed by atoms with Crippen LogP contribution in [-0.4, -0.2) is 38.6 Å². The molecule has 1 saturated heterocycles. The second-order valence-corrected chi connectivity index (χ2v) is 4.20. The van der Waals surface area contributed by atoms with Crippen LogP contribution in [0.1, 0.15) is 18.2 Å². The maximum Gasteiger partial charge on any atom is 0.330 e. The highest BCUT2D eigenvalue weighted by molar-refractivity contribution is 5.03. The molecule has 1 aliphatic rings. The summed E-state index contributed by atoms with van der Waals surface area (Å²) >= 11 is 0. The molecule has 0 amide bonds. The second-order valence-electron chi connectivity index (χ2n) is 4.20. The predicted octanol–water partition coefficient (Wildman–Crippen LogP) is -1.96. The van der Waals surface area contributed by atoms with Crippen molar-refractivity contribution in [2.45, 2.75) is 31.5 Å². The van der Waals surface area contributed by atoms with E-state index in [0.29, 0.717) is 0 Å². The molecule has 19 heavy (non-hydrogen) atoms. The number of hydrogen-bond donors (Lipinski definition) is 3. The van der Waals surface area contributed by atoms with Gasteiger partial charge in [-0.25, -0.2) is 4.79 Å². The lowest BCUT2D eigenvalue weighted by Gasteiger charge is -2.14. The molecule has 1 aliphatic heterocycles. The topological polar surface area (TPSA) is 134 Å². The summed E-state index contributed by atoms with van der Waals surface area (Å²) in [4.78, 5) is 28.7. The summed E-state index contributed by atoms with van der Waals surface area (Å²) in [7, 11) is 0. The molecule has 0 spiro atoms. The van der Waals surface area contributed by atoms with Crippen molar-refractivity contribution in [3.05, 3.63) is 32.6 Å². The quantitative estimate of drug-likeness (QED) is 0.431. The van der Waals surface area contributed by atoms with Crippen LogP contribution in [-0.2, 0) is 21.5 Å². The number of ether oxygens (including phenoxy) is 1. The zero-order valence-electron chi connectivity index (χ0n) is 9.81. The fourth-order valence-corrected chi connectivity index (χ4v) is 1.96. The third kappa shape index (κ3) is 2.74. The van der Waals surface area contributed by atoms with Crippen LogP contribution >= 0.6 is 0 Å². The van der Waals surface area contributed by atoms with Gasteiger partial charge in [0.2, 0.25) is 0 Å². The zero-order chi connectivity index (χ0) is 14.0. The fourth-order valence-electron chi connectivity index (χ4n) is 1.96. The molecule has 1 aromatic heterocycles. The minimum absolute atomic E-state index is 0.0276. The lowest BCUT2D eigenvalue weighted by molar-refractivity contribution is -0.313. The van der Waals surface area contributed by atoms with E-state index in [9.17, 15) is 20.0 Å². The maximum atomic E-state index is 11.6. The van der Waals surface area contributed by atoms with E-state index >= 15 is 0 Å². The van der Waals surface area contributed by atoms with E-state index in [0.717, 1.165) is 10.8 Å². The van der Waals surface area contributed by atoms with E-state index in [-0.39, 0.29) is 18.6 Å². The molecule has 3 N–H and O–H groups in total. The van der Waals surface area contributed by atoms with E-state index in [1.54, 1.807) is 0 Å². The van der Waals surface area contributed by atoms with Gasteiger partial charge in [-0.2, -0.15) is 4.89 Å². The van der Waals surface area contributed by atoms with Gasteiger partial charge in [0, 0.05) is 12.6 Å². The molecule has 1 fully saturated rings. The number of aliphatic hydroxyl groups is 2. The number of nitrogens with zero attached hydrogens (tertiary/aromatic N) is 1. The lowest BCUT2D eigenvalue weighted by atomic mass is 10.2. The Morgan fingerprint density at radius 1 is 1.53 bits per heavy atom. The van der Waals surface area contributed by atoms with Crippen LogP contribution in [0.25, 0.3) is 0 Å². The van der Waals surface area contributed by atoms with Gasteiger partial charge in [0.1, 0.15) is 18.9 Å². The number of aromatic amines is 1. The first-order chi connectivity index (χ1) is 9.06. The molecule has 0 bridgehead atoms. The van der Waals surface area contributed by atoms with Gasteiger partial charge < -0.3 is 14.9 Å². The highest BCUT2D eigenvalue weighted by Crippen LogP contribution is 2.27. The minimum atomic E-state index is -0.909. The van der Waals surface area contributed by atoms with Crippen molar-refractivity contribution < 1.29 is 25.1 Å². The third-order valence-corrected chi connectivity index (χ3v) is 2.95. The molecule has 0 aliphatic carbocycles. The minimum Gasteiger partial charge on any atom is -0.394 e. The van der Waals surface area contributed by atoms with Gasteiger partial charge in [-0.1, -0.05) is 0 Å². The molecule has 1 aromatic rings. The van der Waals surface area contributed by atoms with Crippen molar-refractivity contribution in [1.82, 2.24) is 9.55 Å². The largest absolute Gasteiger partial charge is 0.394 e. The summed E-state index contributed by atoms with van der Waals surface area (Å²) in [5.41, 5.74) is -1.47. The van der Waals surface area contributed by atoms with E-state index in [4.69, 9.17) is 9.84 Å². The van der Waals surface area contributed by atoms with Crippen molar-refractivity contribution in [3.63, 3.8) is 0 Å². The molecule has 2 heterocycles. The van der Waals surface area contributed by atoms with Gasteiger partial charge in [0.25, 0.3) is 5.56 Å². The Bertz CT molecular complexity index is 552. The summed E-state index contributed by atoms with van der Waals surface area (Å²) in [5, 5.41) is 28.6. The van der Waals surface area contributed by atoms with Gasteiger partial charge in [0.05, 0.1) is 18.3 Å². The predicted molar refractivity (Wildman–Crippen MR) is 58.4 cm³/mol. The number of rotatable bonds is 4. The molecule has 1 radical (unpaired) electrons. The zero-order valence-corrected chi connectivity index (χ0v) is 9.81. The average Bonchev–Trinajstić information content (AvgIpc) is 2.74. The number of aliphatic hydroxyl groups excluding tert-OH is 2. The smallest absolute Gasteiger partial charge is 0.330 e. The van der Waals surface area contributed by atoms with Crippen molar-refractivity contribution in [1.29, 1.82) is 0 Å². The summed E-state index contributed by atoms with van der Waals surface area (Å²) < 4.78 is 6.33. The molecule has 0 aromatic carbocycles. The Kier molecular flexibility index (Phi) is 4.12. The molecule has 3 atom stereocenters. The molecule has 9 nitrogen and oxygen atoms in total. The Morgan fingerprint density at radius 3 is 2.84 bits per heavy atom. The number of aromatic nitrogens is 2. The molecular formula is C10H13N2O7. The van der Waals surface area contributed by atoms with Crippen molar-refractivity contribution in [2.75, 3.05) is 6.61 Å². The molecule has 0 saturated carbocycles. The van der Waals surface area contributed by atoms with Crippen molar-refractivity contribution in [2.24, 2.45) is 0 Å². The van der Waals surface area contributed by atoms with Gasteiger partial charge in [0.15, 0.2) is 0 Å². The Morgan fingerprint density at radius 2 is 2.26 bits per heavy atom. The Balaban J connectivity index is 2.33. The van der Waals surface area contributed by atoms with E-state index in [1.807, 2.05) is 4.98 Å². The van der Waals surface area contributed by atoms with Crippen molar-refractivity contribution in [3.8, 4) is 0 Å². The van der Waals surface area contributed by atoms with Crippen LogP contribution in [0.2, 0.25) is 0 Å². The first-order valence-electron chi connectivity index (χ1n) is 5.60. The molecular weight excluding hydrogens is 260 g/mol. The fraction of sp³-hybridized carbons (Fsp3) is 0.600. The standard InChI is InChI=1S/C10H13N2O7/c13-3-7-6(14)1-8(19-7)12-2-5(4-18-17)9(15)11-10(12)16/h2,6-8,13-14H,1,3-4H2,(H,11,15,16)/t6-,7+,8+/m0/s1. The Labute approximate surface area is 106 Å². The van der Waals surface area contributed by atoms with E-state index < -0.39 is 36.3 Å². The molecule has 0 unspecified atom stereocenters. The molecule has 105 valence electrons. The van der Waals surface area contributed by atoms with E-state index in [2.05, 4.69) is 4.89 Å². The SMILES string of the molecule is [O]OCc1cn([C@H]2C[C@H](O)[C@@H](CO)O2)c(=O)[nH]c1=O. The average molecular weight is 273 g/mol. The first-order valence-corrected chi connectivity index (χ1v) is 5.60. The lowest BCUT2D eigenvalue weighted by Crippen LogP contribution is -2.34. The highest BCUT2D eigenvalue weighted by atomic mass is 17.1. The number of H-pyrrole nitrogens is 1. The number of hydrogen-bond acceptors (Lipinski definition) is 6.